The van der Waals surface area contributed by atoms with Gasteiger partial charge in [-0.1, -0.05) is 35.5 Å². The molecular formula is C17H16F3N5O. The molecule has 3 aromatic rings. The van der Waals surface area contributed by atoms with E-state index in [2.05, 4.69) is 20.3 Å². The Labute approximate surface area is 147 Å². The molecule has 0 atom stereocenters. The lowest BCUT2D eigenvalue weighted by Crippen LogP contribution is -2.26. The minimum Gasteiger partial charge on any atom is -0.338 e. The van der Waals surface area contributed by atoms with Crippen LogP contribution in [0.25, 0.3) is 11.3 Å². The molecule has 4 rings (SSSR count). The molecule has 1 aliphatic rings. The minimum absolute atomic E-state index is 0.0238. The second-order valence-electron chi connectivity index (χ2n) is 6.18. The van der Waals surface area contributed by atoms with Gasteiger partial charge in [0.1, 0.15) is 0 Å². The molecule has 2 aromatic heterocycles. The number of hydrogen-bond acceptors (Lipinski definition) is 5. The van der Waals surface area contributed by atoms with Crippen LogP contribution in [0.15, 0.2) is 34.9 Å². The van der Waals surface area contributed by atoms with Gasteiger partial charge in [0.2, 0.25) is 5.89 Å². The maximum absolute atomic E-state index is 12.6. The van der Waals surface area contributed by atoms with Crippen LogP contribution in [0.1, 0.15) is 23.0 Å². The number of aromatic amines is 1. The molecule has 0 saturated heterocycles. The summed E-state index contributed by atoms with van der Waals surface area (Å²) in [4.78, 5) is 5.45. The molecule has 3 heterocycles. The fraction of sp³-hybridized carbons (Fsp3) is 0.353. The van der Waals surface area contributed by atoms with E-state index in [-0.39, 0.29) is 12.4 Å². The largest absolute Gasteiger partial charge is 0.455 e. The fourth-order valence-electron chi connectivity index (χ4n) is 3.15. The number of H-pyrrole nitrogens is 1. The van der Waals surface area contributed by atoms with Gasteiger partial charge >= 0.3 is 6.18 Å². The van der Waals surface area contributed by atoms with E-state index in [1.807, 2.05) is 35.2 Å². The van der Waals surface area contributed by atoms with Gasteiger partial charge in [-0.3, -0.25) is 10.00 Å². The van der Waals surface area contributed by atoms with Gasteiger partial charge in [0, 0.05) is 36.3 Å². The lowest BCUT2D eigenvalue weighted by Gasteiger charge is -2.17. The number of nitrogens with one attached hydrogen (secondary N) is 1. The van der Waals surface area contributed by atoms with Crippen molar-refractivity contribution in [2.45, 2.75) is 25.6 Å². The third-order valence-electron chi connectivity index (χ3n) is 4.44. The number of benzene rings is 1. The van der Waals surface area contributed by atoms with Crippen LogP contribution in [-0.4, -0.2) is 38.3 Å². The van der Waals surface area contributed by atoms with Gasteiger partial charge in [-0.25, -0.2) is 0 Å². The van der Waals surface area contributed by atoms with E-state index in [1.165, 1.54) is 0 Å². The fourth-order valence-corrected chi connectivity index (χ4v) is 3.15. The van der Waals surface area contributed by atoms with Crippen LogP contribution in [-0.2, 0) is 25.6 Å². The first kappa shape index (κ1) is 16.8. The Balaban J connectivity index is 1.47. The van der Waals surface area contributed by atoms with Crippen molar-refractivity contribution in [3.63, 3.8) is 0 Å². The van der Waals surface area contributed by atoms with E-state index in [1.54, 1.807) is 0 Å². The molecule has 0 saturated carbocycles. The number of hydrogen-bond donors (Lipinski definition) is 1. The average Bonchev–Trinajstić information content (AvgIpc) is 3.20. The van der Waals surface area contributed by atoms with Crippen LogP contribution < -0.4 is 0 Å². The topological polar surface area (TPSA) is 70.8 Å². The molecule has 6 nitrogen and oxygen atoms in total. The first-order valence-electron chi connectivity index (χ1n) is 8.24. The third-order valence-corrected chi connectivity index (χ3v) is 4.44. The van der Waals surface area contributed by atoms with E-state index in [0.29, 0.717) is 13.1 Å². The van der Waals surface area contributed by atoms with Crippen molar-refractivity contribution in [2.75, 3.05) is 13.1 Å². The van der Waals surface area contributed by atoms with Crippen molar-refractivity contribution < 1.29 is 17.7 Å². The highest BCUT2D eigenvalue weighted by Crippen LogP contribution is 2.28. The van der Waals surface area contributed by atoms with Crippen molar-refractivity contribution in [3.05, 3.63) is 53.3 Å². The standard InChI is InChI=1S/C17H16F3N5O/c18-17(19,20)16-21-14(26-24-16)10-25-8-6-12-13(7-9-25)22-23-15(12)11-4-2-1-3-5-11/h1-5H,6-10H2,(H,22,23). The Hall–Kier alpha value is -2.68. The molecule has 0 amide bonds. The maximum atomic E-state index is 12.6. The van der Waals surface area contributed by atoms with Gasteiger partial charge in [-0.15, -0.1) is 0 Å². The summed E-state index contributed by atoms with van der Waals surface area (Å²) in [6.07, 6.45) is -3.11. The number of halogens is 3. The molecule has 1 aliphatic heterocycles. The number of alkyl halides is 3. The molecule has 0 unspecified atom stereocenters. The quantitative estimate of drug-likeness (QED) is 0.774. The number of aromatic nitrogens is 4. The third kappa shape index (κ3) is 3.34. The van der Waals surface area contributed by atoms with Crippen molar-refractivity contribution in [3.8, 4) is 11.3 Å². The molecule has 0 bridgehead atoms. The summed E-state index contributed by atoms with van der Waals surface area (Å²) in [5.74, 6) is -1.26. The van der Waals surface area contributed by atoms with Gasteiger partial charge in [0.15, 0.2) is 0 Å². The Morgan fingerprint density at radius 1 is 1.12 bits per heavy atom. The zero-order valence-electron chi connectivity index (χ0n) is 13.8. The monoisotopic (exact) mass is 363 g/mol. The Bertz CT molecular complexity index is 887. The summed E-state index contributed by atoms with van der Waals surface area (Å²) in [6.45, 7) is 1.55. The van der Waals surface area contributed by atoms with E-state index < -0.39 is 12.0 Å². The van der Waals surface area contributed by atoms with Crippen molar-refractivity contribution >= 4 is 0 Å². The van der Waals surface area contributed by atoms with Crippen LogP contribution in [0.4, 0.5) is 13.2 Å². The predicted molar refractivity (Wildman–Crippen MR) is 86.0 cm³/mol. The zero-order chi connectivity index (χ0) is 18.1. The van der Waals surface area contributed by atoms with Gasteiger partial charge in [0.25, 0.3) is 5.82 Å². The van der Waals surface area contributed by atoms with Crippen LogP contribution in [0, 0.1) is 0 Å². The summed E-state index contributed by atoms with van der Waals surface area (Å²) in [5, 5.41) is 10.5. The van der Waals surface area contributed by atoms with E-state index in [9.17, 15) is 13.2 Å². The molecule has 0 fully saturated rings. The highest BCUT2D eigenvalue weighted by atomic mass is 19.4. The lowest BCUT2D eigenvalue weighted by molar-refractivity contribution is -0.146. The zero-order valence-corrected chi connectivity index (χ0v) is 13.8. The molecule has 136 valence electrons. The molecule has 0 spiro atoms. The minimum atomic E-state index is -4.59. The van der Waals surface area contributed by atoms with E-state index in [0.717, 1.165) is 35.4 Å². The van der Waals surface area contributed by atoms with Crippen LogP contribution >= 0.6 is 0 Å². The second kappa shape index (κ2) is 6.56. The molecule has 1 aromatic carbocycles. The molecular weight excluding hydrogens is 347 g/mol. The summed E-state index contributed by atoms with van der Waals surface area (Å²) in [5.41, 5.74) is 4.19. The normalized spacial score (nSPS) is 15.7. The smallest absolute Gasteiger partial charge is 0.338 e. The van der Waals surface area contributed by atoms with Crippen molar-refractivity contribution in [1.29, 1.82) is 0 Å². The van der Waals surface area contributed by atoms with Crippen LogP contribution in [0.5, 0.6) is 0 Å². The molecule has 0 aliphatic carbocycles. The average molecular weight is 363 g/mol. The second-order valence-corrected chi connectivity index (χ2v) is 6.18. The lowest BCUT2D eigenvalue weighted by atomic mass is 10.0. The first-order chi connectivity index (χ1) is 12.5. The summed E-state index contributed by atoms with van der Waals surface area (Å²) >= 11 is 0. The van der Waals surface area contributed by atoms with Crippen LogP contribution in [0.3, 0.4) is 0 Å². The van der Waals surface area contributed by atoms with Crippen molar-refractivity contribution in [2.24, 2.45) is 0 Å². The van der Waals surface area contributed by atoms with Gasteiger partial charge in [0.05, 0.1) is 12.2 Å². The van der Waals surface area contributed by atoms with Gasteiger partial charge < -0.3 is 4.52 Å². The number of nitrogens with zero attached hydrogens (tertiary/aromatic N) is 4. The Morgan fingerprint density at radius 3 is 2.62 bits per heavy atom. The van der Waals surface area contributed by atoms with Gasteiger partial charge in [-0.05, 0) is 6.42 Å². The van der Waals surface area contributed by atoms with E-state index in [4.69, 9.17) is 4.52 Å². The van der Waals surface area contributed by atoms with E-state index >= 15 is 0 Å². The van der Waals surface area contributed by atoms with Crippen molar-refractivity contribution in [1.82, 2.24) is 25.2 Å². The molecule has 9 heteroatoms. The highest BCUT2D eigenvalue weighted by Gasteiger charge is 2.37. The predicted octanol–water partition coefficient (Wildman–Crippen LogP) is 3.08. The SMILES string of the molecule is FC(F)(F)c1noc(CN2CCc3[nH]nc(-c4ccccc4)c3CC2)n1. The Morgan fingerprint density at radius 2 is 1.88 bits per heavy atom. The first-order valence-corrected chi connectivity index (χ1v) is 8.24. The maximum Gasteiger partial charge on any atom is 0.455 e. The summed E-state index contributed by atoms with van der Waals surface area (Å²) < 4.78 is 42.5. The summed E-state index contributed by atoms with van der Waals surface area (Å²) in [6, 6.07) is 9.91. The number of fused-ring (bicyclic) bond motifs is 1. The van der Waals surface area contributed by atoms with Gasteiger partial charge in [-0.2, -0.15) is 23.3 Å². The molecule has 26 heavy (non-hydrogen) atoms. The summed E-state index contributed by atoms with van der Waals surface area (Å²) in [7, 11) is 0. The molecule has 0 radical (unpaired) electrons. The van der Waals surface area contributed by atoms with Crippen LogP contribution in [0.2, 0.25) is 0 Å². The Kier molecular flexibility index (Phi) is 4.23. The molecule has 1 N–H and O–H groups in total. The number of rotatable bonds is 3. The highest BCUT2D eigenvalue weighted by molar-refractivity contribution is 5.64.